The van der Waals surface area contributed by atoms with Crippen LogP contribution in [0.3, 0.4) is 0 Å². The van der Waals surface area contributed by atoms with E-state index in [-0.39, 0.29) is 12.1 Å². The molecule has 0 aromatic heterocycles. The van der Waals surface area contributed by atoms with E-state index in [1.54, 1.807) is 0 Å². The van der Waals surface area contributed by atoms with Gasteiger partial charge in [-0.3, -0.25) is 4.90 Å². The molecule has 1 aromatic carbocycles. The van der Waals surface area contributed by atoms with Gasteiger partial charge < -0.3 is 14.7 Å². The SMILES string of the molecule is O=C(O)N1CC2OCCN(Cc3ccccc3)[C@H]2C1. The highest BCUT2D eigenvalue weighted by Gasteiger charge is 2.41. The van der Waals surface area contributed by atoms with Crippen molar-refractivity contribution < 1.29 is 14.6 Å². The van der Waals surface area contributed by atoms with E-state index >= 15 is 0 Å². The zero-order valence-electron chi connectivity index (χ0n) is 10.7. The molecule has 19 heavy (non-hydrogen) atoms. The molecule has 2 atom stereocenters. The van der Waals surface area contributed by atoms with Gasteiger partial charge in [-0.15, -0.1) is 0 Å². The highest BCUT2D eigenvalue weighted by molar-refractivity contribution is 5.65. The number of nitrogens with zero attached hydrogens (tertiary/aromatic N) is 2. The second-order valence-electron chi connectivity index (χ2n) is 5.12. The minimum Gasteiger partial charge on any atom is -0.465 e. The Morgan fingerprint density at radius 2 is 2.11 bits per heavy atom. The van der Waals surface area contributed by atoms with E-state index in [0.29, 0.717) is 19.7 Å². The fourth-order valence-corrected chi connectivity index (χ4v) is 2.93. The van der Waals surface area contributed by atoms with Crippen LogP contribution >= 0.6 is 0 Å². The lowest BCUT2D eigenvalue weighted by molar-refractivity contribution is -0.0503. The fraction of sp³-hybridized carbons (Fsp3) is 0.500. The Morgan fingerprint density at radius 1 is 1.32 bits per heavy atom. The van der Waals surface area contributed by atoms with Crippen LogP contribution < -0.4 is 0 Å². The third-order valence-electron chi connectivity index (χ3n) is 3.92. The van der Waals surface area contributed by atoms with Crippen molar-refractivity contribution in [3.05, 3.63) is 35.9 Å². The lowest BCUT2D eigenvalue weighted by Gasteiger charge is -2.36. The van der Waals surface area contributed by atoms with E-state index in [1.165, 1.54) is 10.5 Å². The summed E-state index contributed by atoms with van der Waals surface area (Å²) in [6, 6.07) is 10.5. The van der Waals surface area contributed by atoms with Crippen LogP contribution in [0.25, 0.3) is 0 Å². The molecule has 0 spiro atoms. The lowest BCUT2D eigenvalue weighted by Crippen LogP contribution is -2.50. The van der Waals surface area contributed by atoms with Crippen molar-refractivity contribution in [3.63, 3.8) is 0 Å². The number of ether oxygens (including phenoxy) is 1. The van der Waals surface area contributed by atoms with Crippen molar-refractivity contribution in [1.29, 1.82) is 0 Å². The normalized spacial score (nSPS) is 27.3. The van der Waals surface area contributed by atoms with Gasteiger partial charge in [0.25, 0.3) is 0 Å². The summed E-state index contributed by atoms with van der Waals surface area (Å²) in [4.78, 5) is 14.9. The fourth-order valence-electron chi connectivity index (χ4n) is 2.93. The van der Waals surface area contributed by atoms with Crippen molar-refractivity contribution in [2.75, 3.05) is 26.2 Å². The quantitative estimate of drug-likeness (QED) is 0.871. The number of fused-ring (bicyclic) bond motifs is 1. The molecule has 5 heteroatoms. The van der Waals surface area contributed by atoms with Crippen molar-refractivity contribution in [1.82, 2.24) is 9.80 Å². The molecule has 3 rings (SSSR count). The molecule has 1 unspecified atom stereocenters. The number of hydrogen-bond acceptors (Lipinski definition) is 3. The number of carboxylic acid groups (broad SMARTS) is 1. The van der Waals surface area contributed by atoms with Crippen molar-refractivity contribution in [2.45, 2.75) is 18.7 Å². The Morgan fingerprint density at radius 3 is 2.84 bits per heavy atom. The second kappa shape index (κ2) is 5.19. The van der Waals surface area contributed by atoms with Crippen LogP contribution in [0.5, 0.6) is 0 Å². The summed E-state index contributed by atoms with van der Waals surface area (Å²) >= 11 is 0. The van der Waals surface area contributed by atoms with E-state index in [0.717, 1.165) is 13.1 Å². The summed E-state index contributed by atoms with van der Waals surface area (Å²) in [5, 5.41) is 9.09. The molecule has 0 saturated carbocycles. The van der Waals surface area contributed by atoms with Crippen molar-refractivity contribution >= 4 is 6.09 Å². The molecule has 2 aliphatic rings. The van der Waals surface area contributed by atoms with Gasteiger partial charge in [0.15, 0.2) is 0 Å². The van der Waals surface area contributed by atoms with Gasteiger partial charge in [-0.05, 0) is 5.56 Å². The number of benzene rings is 1. The topological polar surface area (TPSA) is 53.0 Å². The molecule has 0 aliphatic carbocycles. The van der Waals surface area contributed by atoms with E-state index in [1.807, 2.05) is 18.2 Å². The number of rotatable bonds is 2. The largest absolute Gasteiger partial charge is 0.465 e. The summed E-state index contributed by atoms with van der Waals surface area (Å²) in [7, 11) is 0. The average molecular weight is 262 g/mol. The smallest absolute Gasteiger partial charge is 0.407 e. The zero-order chi connectivity index (χ0) is 13.2. The van der Waals surface area contributed by atoms with Gasteiger partial charge in [0.05, 0.1) is 25.3 Å². The molecular weight excluding hydrogens is 244 g/mol. The van der Waals surface area contributed by atoms with E-state index in [2.05, 4.69) is 17.0 Å². The minimum atomic E-state index is -0.849. The molecule has 2 heterocycles. The Kier molecular flexibility index (Phi) is 3.40. The monoisotopic (exact) mass is 262 g/mol. The zero-order valence-corrected chi connectivity index (χ0v) is 10.7. The summed E-state index contributed by atoms with van der Waals surface area (Å²) in [6.07, 6.45) is -0.828. The van der Waals surface area contributed by atoms with Gasteiger partial charge in [-0.1, -0.05) is 30.3 Å². The van der Waals surface area contributed by atoms with Crippen LogP contribution in [-0.4, -0.2) is 59.4 Å². The van der Waals surface area contributed by atoms with Gasteiger partial charge in [0.1, 0.15) is 0 Å². The molecule has 0 radical (unpaired) electrons. The minimum absolute atomic E-state index is 0.0218. The number of carbonyl (C=O) groups is 1. The molecule has 0 bridgehead atoms. The van der Waals surface area contributed by atoms with Crippen molar-refractivity contribution in [3.8, 4) is 0 Å². The first-order valence-corrected chi connectivity index (χ1v) is 6.61. The van der Waals surface area contributed by atoms with Gasteiger partial charge in [-0.25, -0.2) is 4.79 Å². The molecule has 2 aliphatic heterocycles. The highest BCUT2D eigenvalue weighted by Crippen LogP contribution is 2.24. The number of morpholine rings is 1. The number of likely N-dealkylation sites (tertiary alicyclic amines) is 1. The molecule has 2 fully saturated rings. The van der Waals surface area contributed by atoms with Gasteiger partial charge in [0.2, 0.25) is 0 Å². The van der Waals surface area contributed by atoms with E-state index in [9.17, 15) is 4.79 Å². The first-order chi connectivity index (χ1) is 9.24. The number of amides is 1. The summed E-state index contributed by atoms with van der Waals surface area (Å²) in [6.45, 7) is 3.45. The van der Waals surface area contributed by atoms with Crippen LogP contribution in [0.15, 0.2) is 30.3 Å². The van der Waals surface area contributed by atoms with Crippen molar-refractivity contribution in [2.24, 2.45) is 0 Å². The second-order valence-corrected chi connectivity index (χ2v) is 5.12. The van der Waals surface area contributed by atoms with Gasteiger partial charge in [-0.2, -0.15) is 0 Å². The molecule has 1 amide bonds. The summed E-state index contributed by atoms with van der Waals surface area (Å²) in [5.74, 6) is 0. The van der Waals surface area contributed by atoms with Crippen LogP contribution in [0.4, 0.5) is 4.79 Å². The standard InChI is InChI=1S/C14H18N2O3/c17-14(18)16-9-12-13(10-16)19-7-6-15(12)8-11-4-2-1-3-5-11/h1-5,12-13H,6-10H2,(H,17,18)/t12-,13?/m0/s1. The van der Waals surface area contributed by atoms with Crippen LogP contribution in [0.2, 0.25) is 0 Å². The first-order valence-electron chi connectivity index (χ1n) is 6.61. The third-order valence-corrected chi connectivity index (χ3v) is 3.92. The lowest BCUT2D eigenvalue weighted by atomic mass is 10.1. The highest BCUT2D eigenvalue weighted by atomic mass is 16.5. The van der Waals surface area contributed by atoms with Crippen LogP contribution in [0.1, 0.15) is 5.56 Å². The van der Waals surface area contributed by atoms with Crippen LogP contribution in [-0.2, 0) is 11.3 Å². The maximum Gasteiger partial charge on any atom is 0.407 e. The maximum atomic E-state index is 11.1. The van der Waals surface area contributed by atoms with Crippen LogP contribution in [0, 0.1) is 0 Å². The Hall–Kier alpha value is -1.59. The molecular formula is C14H18N2O3. The van der Waals surface area contributed by atoms with E-state index in [4.69, 9.17) is 9.84 Å². The molecule has 1 N–H and O–H groups in total. The predicted octanol–water partition coefficient (Wildman–Crippen LogP) is 1.25. The Balaban J connectivity index is 1.70. The molecule has 2 saturated heterocycles. The summed E-state index contributed by atoms with van der Waals surface area (Å²) in [5.41, 5.74) is 1.26. The molecule has 102 valence electrons. The average Bonchev–Trinajstić information content (AvgIpc) is 2.85. The van der Waals surface area contributed by atoms with Gasteiger partial charge >= 0.3 is 6.09 Å². The maximum absolute atomic E-state index is 11.1. The predicted molar refractivity (Wildman–Crippen MR) is 70.0 cm³/mol. The Labute approximate surface area is 112 Å². The van der Waals surface area contributed by atoms with Gasteiger partial charge in [0, 0.05) is 19.6 Å². The summed E-state index contributed by atoms with van der Waals surface area (Å²) < 4.78 is 5.70. The molecule has 1 aromatic rings. The van der Waals surface area contributed by atoms with E-state index < -0.39 is 6.09 Å². The first kappa shape index (κ1) is 12.4. The molecule has 5 nitrogen and oxygen atoms in total. The number of hydrogen-bond donors (Lipinski definition) is 1. The third kappa shape index (κ3) is 2.57. The Bertz CT molecular complexity index is 451.